The van der Waals surface area contributed by atoms with Gasteiger partial charge in [-0.2, -0.15) is 0 Å². The Balaban J connectivity index is 1.57. The van der Waals surface area contributed by atoms with Crippen molar-refractivity contribution in [2.75, 3.05) is 7.05 Å². The highest BCUT2D eigenvalue weighted by Gasteiger charge is 2.24. The quantitative estimate of drug-likeness (QED) is 0.574. The van der Waals surface area contributed by atoms with Gasteiger partial charge in [0, 0.05) is 11.9 Å². The topological polar surface area (TPSA) is 33.2 Å². The lowest BCUT2D eigenvalue weighted by molar-refractivity contribution is 0.0747. The van der Waals surface area contributed by atoms with Crippen LogP contribution in [0.4, 0.5) is 0 Å². The third-order valence-corrected chi connectivity index (χ3v) is 7.46. The number of para-hydroxylation sites is 1. The molecule has 1 aliphatic rings. The summed E-state index contributed by atoms with van der Waals surface area (Å²) in [5.41, 5.74) is 2.41. The Labute approximate surface area is 156 Å². The van der Waals surface area contributed by atoms with E-state index in [2.05, 4.69) is 19.1 Å². The molecule has 4 rings (SSSR count). The van der Waals surface area contributed by atoms with Gasteiger partial charge in [0.2, 0.25) is 0 Å². The number of aryl methyl sites for hydroxylation is 2. The van der Waals surface area contributed by atoms with E-state index in [-0.39, 0.29) is 11.9 Å². The van der Waals surface area contributed by atoms with E-state index in [0.717, 1.165) is 28.2 Å². The van der Waals surface area contributed by atoms with Crippen molar-refractivity contribution < 1.29 is 4.79 Å². The maximum Gasteiger partial charge on any atom is 0.264 e. The average molecular weight is 371 g/mol. The highest BCUT2D eigenvalue weighted by atomic mass is 32.1. The van der Waals surface area contributed by atoms with E-state index in [1.807, 2.05) is 30.1 Å². The average Bonchev–Trinajstić information content (AvgIpc) is 3.18. The first-order valence-electron chi connectivity index (χ1n) is 8.87. The van der Waals surface area contributed by atoms with Crippen molar-refractivity contribution in [3.05, 3.63) is 50.7 Å². The van der Waals surface area contributed by atoms with Crippen LogP contribution in [0.15, 0.2) is 30.3 Å². The van der Waals surface area contributed by atoms with Crippen LogP contribution in [0.3, 0.4) is 0 Å². The van der Waals surface area contributed by atoms with Crippen LogP contribution in [0.2, 0.25) is 0 Å². The predicted octanol–water partition coefficient (Wildman–Crippen LogP) is 5.46. The van der Waals surface area contributed by atoms with Gasteiger partial charge >= 0.3 is 0 Å². The van der Waals surface area contributed by atoms with Crippen molar-refractivity contribution in [2.24, 2.45) is 0 Å². The number of aromatic nitrogens is 1. The second kappa shape index (κ2) is 6.89. The molecule has 2 aromatic heterocycles. The number of fused-ring (bicyclic) bond motifs is 2. The molecule has 5 heteroatoms. The third-order valence-electron chi connectivity index (χ3n) is 5.03. The van der Waals surface area contributed by atoms with E-state index >= 15 is 0 Å². The Hall–Kier alpha value is -1.72. The van der Waals surface area contributed by atoms with E-state index in [4.69, 9.17) is 4.98 Å². The summed E-state index contributed by atoms with van der Waals surface area (Å²) in [6.07, 6.45) is 6.05. The molecule has 0 fully saturated rings. The summed E-state index contributed by atoms with van der Waals surface area (Å²) < 4.78 is 1.17. The van der Waals surface area contributed by atoms with Crippen molar-refractivity contribution in [1.29, 1.82) is 0 Å². The molecule has 130 valence electrons. The van der Waals surface area contributed by atoms with Crippen LogP contribution in [0.25, 0.3) is 10.2 Å². The zero-order chi connectivity index (χ0) is 17.4. The molecular formula is C20H22N2OS2. The maximum absolute atomic E-state index is 13.0. The van der Waals surface area contributed by atoms with Crippen LogP contribution in [0.5, 0.6) is 0 Å². The summed E-state index contributed by atoms with van der Waals surface area (Å²) in [7, 11) is 1.89. The zero-order valence-electron chi connectivity index (χ0n) is 14.6. The van der Waals surface area contributed by atoms with E-state index in [9.17, 15) is 4.79 Å². The SMILES string of the molecule is CC(c1nc2ccccc2s1)N(C)C(=O)c1cc2c(s1)CCCCC2. The first kappa shape index (κ1) is 16.7. The number of nitrogens with zero attached hydrogens (tertiary/aromatic N) is 2. The molecular weight excluding hydrogens is 348 g/mol. The van der Waals surface area contributed by atoms with E-state index < -0.39 is 0 Å². The summed E-state index contributed by atoms with van der Waals surface area (Å²) in [4.78, 5) is 21.8. The molecule has 1 aromatic carbocycles. The van der Waals surface area contributed by atoms with Gasteiger partial charge in [0.15, 0.2) is 0 Å². The molecule has 0 spiro atoms. The summed E-state index contributed by atoms with van der Waals surface area (Å²) in [5.74, 6) is 0.116. The minimum absolute atomic E-state index is 0.0215. The van der Waals surface area contributed by atoms with Gasteiger partial charge in [0.05, 0.1) is 21.1 Å². The van der Waals surface area contributed by atoms with Crippen LogP contribution in [0.1, 0.15) is 57.3 Å². The van der Waals surface area contributed by atoms with Gasteiger partial charge in [-0.1, -0.05) is 18.6 Å². The molecule has 1 amide bonds. The fourth-order valence-electron chi connectivity index (χ4n) is 3.36. The fourth-order valence-corrected chi connectivity index (χ4v) is 5.66. The molecule has 0 saturated carbocycles. The Bertz CT molecular complexity index is 855. The number of amides is 1. The van der Waals surface area contributed by atoms with Crippen LogP contribution >= 0.6 is 22.7 Å². The van der Waals surface area contributed by atoms with Crippen molar-refractivity contribution in [3.8, 4) is 0 Å². The maximum atomic E-state index is 13.0. The number of carbonyl (C=O) groups is 1. The summed E-state index contributed by atoms with van der Waals surface area (Å²) in [6, 6.07) is 10.3. The van der Waals surface area contributed by atoms with Crippen LogP contribution < -0.4 is 0 Å². The van der Waals surface area contributed by atoms with Crippen LogP contribution in [-0.4, -0.2) is 22.8 Å². The second-order valence-corrected chi connectivity index (χ2v) is 8.93. The van der Waals surface area contributed by atoms with Crippen LogP contribution in [0, 0.1) is 0 Å². The molecule has 1 aliphatic carbocycles. The molecule has 0 aliphatic heterocycles. The summed E-state index contributed by atoms with van der Waals surface area (Å²) >= 11 is 3.37. The van der Waals surface area contributed by atoms with Gasteiger partial charge in [-0.05, 0) is 56.4 Å². The molecule has 25 heavy (non-hydrogen) atoms. The minimum atomic E-state index is -0.0215. The number of hydrogen-bond acceptors (Lipinski definition) is 4. The number of hydrogen-bond donors (Lipinski definition) is 0. The monoisotopic (exact) mass is 370 g/mol. The number of rotatable bonds is 3. The molecule has 0 bridgehead atoms. The van der Waals surface area contributed by atoms with Gasteiger partial charge < -0.3 is 4.90 Å². The molecule has 0 N–H and O–H groups in total. The number of benzene rings is 1. The molecule has 1 atom stereocenters. The van der Waals surface area contributed by atoms with Gasteiger partial charge in [-0.25, -0.2) is 4.98 Å². The Kier molecular flexibility index (Phi) is 4.61. The lowest BCUT2D eigenvalue weighted by atomic mass is 10.1. The highest BCUT2D eigenvalue weighted by molar-refractivity contribution is 7.18. The van der Waals surface area contributed by atoms with Crippen molar-refractivity contribution >= 4 is 38.8 Å². The van der Waals surface area contributed by atoms with Gasteiger partial charge in [0.1, 0.15) is 5.01 Å². The lowest BCUT2D eigenvalue weighted by Crippen LogP contribution is -2.29. The molecule has 1 unspecified atom stereocenters. The largest absolute Gasteiger partial charge is 0.332 e. The lowest BCUT2D eigenvalue weighted by Gasteiger charge is -2.22. The van der Waals surface area contributed by atoms with E-state index in [0.29, 0.717) is 0 Å². The molecule has 2 heterocycles. The number of thiophene rings is 1. The smallest absolute Gasteiger partial charge is 0.264 e. The molecule has 3 aromatic rings. The fraction of sp³-hybridized carbons (Fsp3) is 0.400. The van der Waals surface area contributed by atoms with E-state index in [1.165, 1.54) is 34.4 Å². The van der Waals surface area contributed by atoms with Gasteiger partial charge in [-0.15, -0.1) is 22.7 Å². The predicted molar refractivity (Wildman–Crippen MR) is 106 cm³/mol. The molecule has 0 saturated heterocycles. The van der Waals surface area contributed by atoms with E-state index in [1.54, 1.807) is 22.7 Å². The molecule has 0 radical (unpaired) electrons. The number of thiazole rings is 1. The summed E-state index contributed by atoms with van der Waals surface area (Å²) in [6.45, 7) is 2.06. The first-order valence-corrected chi connectivity index (χ1v) is 10.5. The van der Waals surface area contributed by atoms with Crippen molar-refractivity contribution in [2.45, 2.75) is 45.1 Å². The molecule has 3 nitrogen and oxygen atoms in total. The van der Waals surface area contributed by atoms with Gasteiger partial charge in [0.25, 0.3) is 5.91 Å². The second-order valence-electron chi connectivity index (χ2n) is 6.73. The Morgan fingerprint density at radius 1 is 1.16 bits per heavy atom. The first-order chi connectivity index (χ1) is 12.1. The third kappa shape index (κ3) is 3.23. The zero-order valence-corrected chi connectivity index (χ0v) is 16.3. The normalized spacial score (nSPS) is 15.6. The highest BCUT2D eigenvalue weighted by Crippen LogP contribution is 2.33. The minimum Gasteiger partial charge on any atom is -0.332 e. The van der Waals surface area contributed by atoms with Gasteiger partial charge in [-0.3, -0.25) is 4.79 Å². The standard InChI is InChI=1S/C20H22N2OS2/c1-13(19-21-15-9-6-7-11-17(15)25-19)22(2)20(23)18-12-14-8-4-3-5-10-16(14)24-18/h6-7,9,11-13H,3-5,8,10H2,1-2H3. The van der Waals surface area contributed by atoms with Crippen molar-refractivity contribution in [1.82, 2.24) is 9.88 Å². The van der Waals surface area contributed by atoms with Crippen LogP contribution in [-0.2, 0) is 12.8 Å². The Morgan fingerprint density at radius 3 is 2.80 bits per heavy atom. The summed E-state index contributed by atoms with van der Waals surface area (Å²) in [5, 5.41) is 0.996. The van der Waals surface area contributed by atoms with Crippen molar-refractivity contribution in [3.63, 3.8) is 0 Å². The Morgan fingerprint density at radius 2 is 1.96 bits per heavy atom. The number of carbonyl (C=O) groups excluding carboxylic acids is 1.